The fourth-order valence-corrected chi connectivity index (χ4v) is 6.26. The molecule has 2 fully saturated rings. The first kappa shape index (κ1) is 24.6. The number of cyclic esters (lactones) is 1. The van der Waals surface area contributed by atoms with Crippen molar-refractivity contribution in [2.24, 2.45) is 16.7 Å². The van der Waals surface area contributed by atoms with Gasteiger partial charge in [0.05, 0.1) is 22.9 Å². The number of fused-ring (bicyclic) bond motifs is 1. The zero-order valence-corrected chi connectivity index (χ0v) is 20.2. The minimum absolute atomic E-state index is 0.0662. The Labute approximate surface area is 200 Å². The molecular weight excluding hydrogens is 436 g/mol. The summed E-state index contributed by atoms with van der Waals surface area (Å²) < 4.78 is 11.0. The van der Waals surface area contributed by atoms with Gasteiger partial charge in [-0.05, 0) is 50.3 Å². The predicted octanol–water partition coefficient (Wildman–Crippen LogP) is 2.94. The molecule has 4 rings (SSSR count). The molecule has 0 bridgehead atoms. The number of ether oxygens (including phenoxy) is 2. The molecule has 2 aliphatic carbocycles. The summed E-state index contributed by atoms with van der Waals surface area (Å²) in [4.78, 5) is 24.5. The third kappa shape index (κ3) is 3.70. The molecule has 0 spiro atoms. The van der Waals surface area contributed by atoms with E-state index >= 15 is 0 Å². The van der Waals surface area contributed by atoms with Gasteiger partial charge < -0.3 is 24.8 Å². The Morgan fingerprint density at radius 2 is 1.79 bits per heavy atom. The molecule has 1 heterocycles. The smallest absolute Gasteiger partial charge is 0.338 e. The van der Waals surface area contributed by atoms with Gasteiger partial charge in [-0.3, -0.25) is 0 Å². The first-order valence-corrected chi connectivity index (χ1v) is 11.8. The van der Waals surface area contributed by atoms with E-state index in [1.807, 2.05) is 19.9 Å². The van der Waals surface area contributed by atoms with E-state index in [-0.39, 0.29) is 18.9 Å². The van der Waals surface area contributed by atoms with Crippen LogP contribution in [0.15, 0.2) is 54.1 Å². The van der Waals surface area contributed by atoms with Crippen LogP contribution < -0.4 is 0 Å². The number of carbonyl (C=O) groups excluding carboxylic acids is 2. The van der Waals surface area contributed by atoms with Crippen LogP contribution in [0.3, 0.4) is 0 Å². The van der Waals surface area contributed by atoms with Crippen molar-refractivity contribution >= 4 is 11.9 Å². The van der Waals surface area contributed by atoms with Gasteiger partial charge in [0.25, 0.3) is 0 Å². The number of benzene rings is 1. The molecule has 0 radical (unpaired) electrons. The van der Waals surface area contributed by atoms with Gasteiger partial charge in [-0.1, -0.05) is 44.2 Å². The molecule has 34 heavy (non-hydrogen) atoms. The van der Waals surface area contributed by atoms with Crippen LogP contribution in [0.2, 0.25) is 0 Å². The van der Waals surface area contributed by atoms with E-state index in [1.165, 1.54) is 6.08 Å². The van der Waals surface area contributed by atoms with Gasteiger partial charge >= 0.3 is 11.9 Å². The van der Waals surface area contributed by atoms with Crippen molar-refractivity contribution in [1.82, 2.24) is 0 Å². The van der Waals surface area contributed by atoms with E-state index in [0.29, 0.717) is 24.0 Å². The highest BCUT2D eigenvalue weighted by Crippen LogP contribution is 2.65. The lowest BCUT2D eigenvalue weighted by Gasteiger charge is -2.67. The number of hydrogen-bond acceptors (Lipinski definition) is 7. The summed E-state index contributed by atoms with van der Waals surface area (Å²) in [6.07, 6.45) is 4.16. The van der Waals surface area contributed by atoms with E-state index in [0.717, 1.165) is 0 Å². The summed E-state index contributed by atoms with van der Waals surface area (Å²) in [6, 6.07) is 8.60. The lowest BCUT2D eigenvalue weighted by Crippen LogP contribution is -2.73. The van der Waals surface area contributed by atoms with Crippen molar-refractivity contribution in [3.05, 3.63) is 59.7 Å². The fourth-order valence-electron chi connectivity index (χ4n) is 6.26. The summed E-state index contributed by atoms with van der Waals surface area (Å²) in [5.41, 5.74) is -3.72. The molecule has 184 valence electrons. The van der Waals surface area contributed by atoms with Crippen LogP contribution in [-0.4, -0.2) is 57.3 Å². The quantitative estimate of drug-likeness (QED) is 0.580. The highest BCUT2D eigenvalue weighted by Gasteiger charge is 2.70. The van der Waals surface area contributed by atoms with Crippen molar-refractivity contribution in [2.75, 3.05) is 6.61 Å². The largest absolute Gasteiger partial charge is 0.458 e. The Morgan fingerprint density at radius 3 is 2.41 bits per heavy atom. The zero-order chi connectivity index (χ0) is 24.9. The molecule has 7 atom stereocenters. The Kier molecular flexibility index (Phi) is 6.03. The van der Waals surface area contributed by atoms with Crippen LogP contribution in [0, 0.1) is 16.7 Å². The highest BCUT2D eigenvalue weighted by molar-refractivity contribution is 5.89. The Morgan fingerprint density at radius 1 is 1.12 bits per heavy atom. The van der Waals surface area contributed by atoms with Gasteiger partial charge in [0.15, 0.2) is 0 Å². The summed E-state index contributed by atoms with van der Waals surface area (Å²) in [5.74, 6) is -1.28. The molecule has 7 heteroatoms. The predicted molar refractivity (Wildman–Crippen MR) is 125 cm³/mol. The van der Waals surface area contributed by atoms with Crippen LogP contribution in [-0.2, 0) is 14.3 Å². The third-order valence-corrected chi connectivity index (χ3v) is 8.91. The summed E-state index contributed by atoms with van der Waals surface area (Å²) in [5, 5.41) is 34.2. The molecule has 3 N–H and O–H groups in total. The van der Waals surface area contributed by atoms with E-state index in [1.54, 1.807) is 50.3 Å². The first-order chi connectivity index (χ1) is 15.8. The van der Waals surface area contributed by atoms with Crippen LogP contribution in [0.5, 0.6) is 0 Å². The second-order valence-corrected chi connectivity index (χ2v) is 10.8. The Bertz CT molecular complexity index is 1020. The molecule has 1 aromatic carbocycles. The van der Waals surface area contributed by atoms with E-state index in [4.69, 9.17) is 9.47 Å². The molecule has 0 saturated heterocycles. The monoisotopic (exact) mass is 470 g/mol. The molecule has 3 aliphatic rings. The second kappa shape index (κ2) is 8.33. The third-order valence-electron chi connectivity index (χ3n) is 8.91. The molecule has 7 nitrogen and oxygen atoms in total. The van der Waals surface area contributed by atoms with E-state index < -0.39 is 46.2 Å². The minimum Gasteiger partial charge on any atom is -0.458 e. The normalized spacial score (nSPS) is 42.1. The van der Waals surface area contributed by atoms with Crippen LogP contribution in [0.4, 0.5) is 0 Å². The molecule has 0 unspecified atom stereocenters. The van der Waals surface area contributed by atoms with Crippen LogP contribution >= 0.6 is 0 Å². The van der Waals surface area contributed by atoms with Crippen LogP contribution in [0.1, 0.15) is 57.3 Å². The number of aliphatic hydroxyl groups is 3. The molecule has 2 saturated carbocycles. The van der Waals surface area contributed by atoms with Gasteiger partial charge in [-0.25, -0.2) is 9.59 Å². The van der Waals surface area contributed by atoms with Crippen molar-refractivity contribution < 1.29 is 34.4 Å². The SMILES string of the molecule is C[C@@]12[C@@H](OC(=O)c3ccccc3)C[C@](C)(O)[C@](C)(/C=C/C3=CC(=O)OC3)[C@H]1CC[C@@H](O)[C@]2(C)O. The molecule has 0 aromatic heterocycles. The summed E-state index contributed by atoms with van der Waals surface area (Å²) in [7, 11) is 0. The van der Waals surface area contributed by atoms with Gasteiger partial charge in [0.1, 0.15) is 12.7 Å². The van der Waals surface area contributed by atoms with Gasteiger partial charge in [-0.15, -0.1) is 0 Å². The standard InChI is InChI=1S/C27H34O7/c1-24(13-12-17-14-22(29)33-16-17)19-10-11-20(28)27(4,32)26(19,3)21(15-25(24,2)31)34-23(30)18-8-6-5-7-9-18/h5-9,12-14,19-21,28,31-32H,10-11,15-16H2,1-4H3/b13-12+/t19-,20-,21+,24-,25+,26+,27+/m1/s1. The Balaban J connectivity index is 1.76. The van der Waals surface area contributed by atoms with E-state index in [9.17, 15) is 24.9 Å². The first-order valence-electron chi connectivity index (χ1n) is 11.8. The molecule has 1 aromatic rings. The average Bonchev–Trinajstić information content (AvgIpc) is 3.20. The summed E-state index contributed by atoms with van der Waals surface area (Å²) >= 11 is 0. The van der Waals surface area contributed by atoms with E-state index in [2.05, 4.69) is 0 Å². The number of carbonyl (C=O) groups is 2. The van der Waals surface area contributed by atoms with Crippen molar-refractivity contribution in [3.63, 3.8) is 0 Å². The topological polar surface area (TPSA) is 113 Å². The van der Waals surface area contributed by atoms with Gasteiger partial charge in [-0.2, -0.15) is 0 Å². The molecular formula is C27H34O7. The van der Waals surface area contributed by atoms with Crippen molar-refractivity contribution in [3.8, 4) is 0 Å². The summed E-state index contributed by atoms with van der Waals surface area (Å²) in [6.45, 7) is 7.23. The minimum atomic E-state index is -1.57. The number of rotatable bonds is 4. The highest BCUT2D eigenvalue weighted by atomic mass is 16.5. The Hall–Kier alpha value is -2.48. The lowest BCUT2D eigenvalue weighted by molar-refractivity contribution is -0.288. The molecule has 1 aliphatic heterocycles. The van der Waals surface area contributed by atoms with Gasteiger partial charge in [0.2, 0.25) is 0 Å². The number of hydrogen-bond donors (Lipinski definition) is 3. The lowest BCUT2D eigenvalue weighted by atomic mass is 9.41. The fraction of sp³-hybridized carbons (Fsp3) is 0.556. The second-order valence-electron chi connectivity index (χ2n) is 10.8. The van der Waals surface area contributed by atoms with Gasteiger partial charge in [0, 0.05) is 23.3 Å². The number of aliphatic hydroxyl groups excluding tert-OH is 1. The number of esters is 2. The maximum atomic E-state index is 13.0. The maximum Gasteiger partial charge on any atom is 0.338 e. The molecule has 0 amide bonds. The maximum absolute atomic E-state index is 13.0. The van der Waals surface area contributed by atoms with Crippen LogP contribution in [0.25, 0.3) is 0 Å². The zero-order valence-electron chi connectivity index (χ0n) is 20.2. The average molecular weight is 471 g/mol. The van der Waals surface area contributed by atoms with Crippen molar-refractivity contribution in [2.45, 2.75) is 70.4 Å². The van der Waals surface area contributed by atoms with Crippen molar-refractivity contribution in [1.29, 1.82) is 0 Å².